The van der Waals surface area contributed by atoms with Crippen LogP contribution in [0.3, 0.4) is 0 Å². The zero-order valence-electron chi connectivity index (χ0n) is 17.0. The van der Waals surface area contributed by atoms with Crippen LogP contribution in [0.2, 0.25) is 10.0 Å². The van der Waals surface area contributed by atoms with Crippen molar-refractivity contribution in [3.05, 3.63) is 45.8 Å². The first kappa shape index (κ1) is 21.9. The average Bonchev–Trinajstić information content (AvgIpc) is 3.29. The van der Waals surface area contributed by atoms with Crippen LogP contribution in [-0.2, 0) is 11.8 Å². The number of amides is 1. The van der Waals surface area contributed by atoms with Gasteiger partial charge in [0.05, 0.1) is 22.0 Å². The second-order valence-corrected chi connectivity index (χ2v) is 10.4. The molecule has 1 unspecified atom stereocenters. The van der Waals surface area contributed by atoms with Gasteiger partial charge in [0.1, 0.15) is 10.8 Å². The predicted molar refractivity (Wildman–Crippen MR) is 118 cm³/mol. The molecule has 1 atom stereocenters. The lowest BCUT2D eigenvalue weighted by molar-refractivity contribution is -0.129. The van der Waals surface area contributed by atoms with Crippen LogP contribution in [0.4, 0.5) is 4.39 Å². The highest BCUT2D eigenvalue weighted by Crippen LogP contribution is 2.50. The van der Waals surface area contributed by atoms with Crippen molar-refractivity contribution in [1.29, 1.82) is 0 Å². The van der Waals surface area contributed by atoms with Gasteiger partial charge in [-0.1, -0.05) is 43.0 Å². The normalized spacial score (nSPS) is 20.2. The molecule has 1 N–H and O–H groups in total. The van der Waals surface area contributed by atoms with Crippen LogP contribution in [0.5, 0.6) is 0 Å². The van der Waals surface area contributed by atoms with Gasteiger partial charge in [0.2, 0.25) is 5.91 Å². The number of hydrogen-bond acceptors (Lipinski definition) is 4. The number of aryl methyl sites for hydroxylation is 1. The summed E-state index contributed by atoms with van der Waals surface area (Å²) in [5.41, 5.74) is 0.0534. The Bertz CT molecular complexity index is 941. The summed E-state index contributed by atoms with van der Waals surface area (Å²) in [6.07, 6.45) is 5.82. The summed E-state index contributed by atoms with van der Waals surface area (Å²) in [5.74, 6) is -0.639. The third-order valence-corrected chi connectivity index (χ3v) is 8.01. The number of rotatable bonds is 6. The standard InChI is InChI=1S/C21H25Cl2FN4OS/c1-21(8-3-4-9-21)19(17-15(24)6-5-14(22)18(17)23)25-20(29)13-11-28(12-13)30-16-7-10-27(2)26-16/h5-7,10,13,19H,3-4,8-9,11-12H2,1-2H3,(H,25,29). The molecule has 9 heteroatoms. The number of halogens is 3. The minimum atomic E-state index is -0.504. The van der Waals surface area contributed by atoms with E-state index < -0.39 is 11.9 Å². The van der Waals surface area contributed by atoms with Gasteiger partial charge in [0.25, 0.3) is 0 Å². The minimum absolute atomic E-state index is 0.0681. The summed E-state index contributed by atoms with van der Waals surface area (Å²) in [4.78, 5) is 13.1. The molecule has 162 valence electrons. The Morgan fingerprint density at radius 1 is 1.30 bits per heavy atom. The van der Waals surface area contributed by atoms with E-state index >= 15 is 0 Å². The Hall–Kier alpha value is -1.28. The molecule has 1 aliphatic carbocycles. The fraction of sp³-hybridized carbons (Fsp3) is 0.524. The Morgan fingerprint density at radius 2 is 2.00 bits per heavy atom. The maximum absolute atomic E-state index is 14.8. The third-order valence-electron chi connectivity index (χ3n) is 6.23. The molecule has 2 heterocycles. The molecule has 2 aliphatic rings. The molecule has 5 nitrogen and oxygen atoms in total. The fourth-order valence-corrected chi connectivity index (χ4v) is 5.87. The van der Waals surface area contributed by atoms with E-state index in [4.69, 9.17) is 23.2 Å². The first-order valence-corrected chi connectivity index (χ1v) is 11.7. The zero-order chi connectivity index (χ0) is 21.5. The van der Waals surface area contributed by atoms with Crippen molar-refractivity contribution < 1.29 is 9.18 Å². The van der Waals surface area contributed by atoms with Crippen molar-refractivity contribution in [2.45, 2.75) is 43.7 Å². The molecule has 1 saturated carbocycles. The second-order valence-electron chi connectivity index (χ2n) is 8.52. The van der Waals surface area contributed by atoms with Crippen LogP contribution in [0.25, 0.3) is 0 Å². The number of nitrogens with one attached hydrogen (secondary N) is 1. The smallest absolute Gasteiger partial charge is 0.226 e. The summed E-state index contributed by atoms with van der Waals surface area (Å²) >= 11 is 14.1. The summed E-state index contributed by atoms with van der Waals surface area (Å²) in [6.45, 7) is 3.36. The van der Waals surface area contributed by atoms with E-state index in [9.17, 15) is 9.18 Å². The molecule has 2 fully saturated rings. The molecule has 4 rings (SSSR count). The van der Waals surface area contributed by atoms with E-state index in [0.717, 1.165) is 30.7 Å². The van der Waals surface area contributed by atoms with Crippen LogP contribution in [-0.4, -0.2) is 33.1 Å². The van der Waals surface area contributed by atoms with Gasteiger partial charge in [0.15, 0.2) is 0 Å². The Labute approximate surface area is 190 Å². The van der Waals surface area contributed by atoms with Crippen LogP contribution in [0.15, 0.2) is 29.4 Å². The number of carbonyl (C=O) groups is 1. The topological polar surface area (TPSA) is 50.2 Å². The molecule has 1 aromatic carbocycles. The van der Waals surface area contributed by atoms with Crippen LogP contribution in [0, 0.1) is 17.2 Å². The number of carbonyl (C=O) groups excluding carboxylic acids is 1. The quantitative estimate of drug-likeness (QED) is 0.462. The molecule has 0 radical (unpaired) electrons. The first-order chi connectivity index (χ1) is 14.3. The highest BCUT2D eigenvalue weighted by molar-refractivity contribution is 7.97. The van der Waals surface area contributed by atoms with Gasteiger partial charge in [-0.3, -0.25) is 9.48 Å². The average molecular weight is 471 g/mol. The van der Waals surface area contributed by atoms with Crippen LogP contribution >= 0.6 is 35.1 Å². The molecule has 1 saturated heterocycles. The highest BCUT2D eigenvalue weighted by atomic mass is 35.5. The Kier molecular flexibility index (Phi) is 6.35. The lowest BCUT2D eigenvalue weighted by Gasteiger charge is -2.40. The Balaban J connectivity index is 1.48. The van der Waals surface area contributed by atoms with Gasteiger partial charge in [-0.2, -0.15) is 5.10 Å². The van der Waals surface area contributed by atoms with Gasteiger partial charge < -0.3 is 5.32 Å². The van der Waals surface area contributed by atoms with Gasteiger partial charge in [-0.25, -0.2) is 8.70 Å². The van der Waals surface area contributed by atoms with Crippen LogP contribution in [0.1, 0.15) is 44.2 Å². The maximum atomic E-state index is 14.8. The van der Waals surface area contributed by atoms with Crippen molar-refractivity contribution >= 4 is 41.1 Å². The summed E-state index contributed by atoms with van der Waals surface area (Å²) in [6, 6.07) is 4.22. The van der Waals surface area contributed by atoms with Crippen molar-refractivity contribution in [1.82, 2.24) is 19.4 Å². The zero-order valence-corrected chi connectivity index (χ0v) is 19.3. The summed E-state index contributed by atoms with van der Waals surface area (Å²) in [5, 5.41) is 8.88. The molecule has 1 aromatic heterocycles. The highest BCUT2D eigenvalue weighted by Gasteiger charge is 2.43. The SMILES string of the molecule is Cn1ccc(SN2CC(C(=O)NC(c3c(F)ccc(Cl)c3Cl)C3(C)CCCC3)C2)n1. The lowest BCUT2D eigenvalue weighted by atomic mass is 9.76. The summed E-state index contributed by atoms with van der Waals surface area (Å²) in [7, 11) is 1.88. The van der Waals surface area contributed by atoms with Gasteiger partial charge >= 0.3 is 0 Å². The van der Waals surface area contributed by atoms with E-state index in [0.29, 0.717) is 23.7 Å². The van der Waals surface area contributed by atoms with E-state index in [1.807, 2.05) is 19.3 Å². The van der Waals surface area contributed by atoms with E-state index in [1.165, 1.54) is 12.1 Å². The van der Waals surface area contributed by atoms with E-state index in [1.54, 1.807) is 16.6 Å². The minimum Gasteiger partial charge on any atom is -0.348 e. The van der Waals surface area contributed by atoms with Gasteiger partial charge in [-0.15, -0.1) is 0 Å². The molecular formula is C21H25Cl2FN4OS. The van der Waals surface area contributed by atoms with Crippen LogP contribution < -0.4 is 5.32 Å². The molecule has 0 bridgehead atoms. The number of aromatic nitrogens is 2. The van der Waals surface area contributed by atoms with Crippen molar-refractivity contribution in [3.8, 4) is 0 Å². The summed E-state index contributed by atoms with van der Waals surface area (Å²) < 4.78 is 18.7. The largest absolute Gasteiger partial charge is 0.348 e. The van der Waals surface area contributed by atoms with E-state index in [-0.39, 0.29) is 22.3 Å². The second kappa shape index (κ2) is 8.69. The fourth-order valence-electron chi connectivity index (χ4n) is 4.39. The van der Waals surface area contributed by atoms with E-state index in [2.05, 4.69) is 21.6 Å². The van der Waals surface area contributed by atoms with Gasteiger partial charge in [0, 0.05) is 31.9 Å². The third kappa shape index (κ3) is 4.35. The van der Waals surface area contributed by atoms with Crippen molar-refractivity contribution in [3.63, 3.8) is 0 Å². The number of benzene rings is 1. The number of nitrogens with zero attached hydrogens (tertiary/aromatic N) is 3. The molecule has 0 spiro atoms. The predicted octanol–water partition coefficient (Wildman–Crippen LogP) is 5.24. The first-order valence-electron chi connectivity index (χ1n) is 10.1. The molecule has 1 aliphatic heterocycles. The Morgan fingerprint density at radius 3 is 2.63 bits per heavy atom. The molecule has 1 amide bonds. The maximum Gasteiger partial charge on any atom is 0.226 e. The van der Waals surface area contributed by atoms with Gasteiger partial charge in [-0.05, 0) is 48.4 Å². The lowest BCUT2D eigenvalue weighted by Crippen LogP contribution is -2.52. The monoisotopic (exact) mass is 470 g/mol. The molecule has 2 aromatic rings. The number of hydrogen-bond donors (Lipinski definition) is 1. The van der Waals surface area contributed by atoms with Crippen molar-refractivity contribution in [2.75, 3.05) is 13.1 Å². The molecule has 30 heavy (non-hydrogen) atoms. The molecular weight excluding hydrogens is 446 g/mol. The van der Waals surface area contributed by atoms with Crippen molar-refractivity contribution in [2.24, 2.45) is 18.4 Å².